The van der Waals surface area contributed by atoms with E-state index in [1.54, 1.807) is 5.32 Å². The van der Waals surface area contributed by atoms with Crippen LogP contribution in [0.2, 0.25) is 0 Å². The number of hydrogen-bond donors (Lipinski definition) is 6. The number of nitrogens with zero attached hydrogens (tertiary/aromatic N) is 3. The number of esters is 5. The Hall–Kier alpha value is -7.45. The average Bonchev–Trinajstić information content (AvgIpc) is 3.20. The molecule has 0 heterocycles. The Labute approximate surface area is 379 Å². The SMILES string of the molecule is CN(CCN(C(OC(=O)C(F)(F)F)C(=O)O)C(OC(=O)C(F)(F)F)C(=O)O)C(CNC(OC(=O)C(F)(F)F)C(=O)O)Cc1ccc(N(C(OC(=O)C(F)(F)F)C(=O)O)C(OC(=O)C(F)(F)F)C(=O)O)cc1. The number of anilines is 1. The third-order valence-corrected chi connectivity index (χ3v) is 8.01. The molecule has 0 aliphatic carbocycles. The Morgan fingerprint density at radius 2 is 0.789 bits per heavy atom. The zero-order valence-electron chi connectivity index (χ0n) is 34.0. The summed E-state index contributed by atoms with van der Waals surface area (Å²) in [6, 6.07) is 0.0698. The normalized spacial score (nSPS) is 15.0. The van der Waals surface area contributed by atoms with Gasteiger partial charge in [-0.3, -0.25) is 10.2 Å². The molecule has 39 heteroatoms. The molecule has 0 fully saturated rings. The quantitative estimate of drug-likeness (QED) is 0.0361. The van der Waals surface area contributed by atoms with E-state index in [4.69, 9.17) is 0 Å². The molecule has 1 aromatic rings. The predicted molar refractivity (Wildman–Crippen MR) is 182 cm³/mol. The molecule has 0 amide bonds. The molecule has 1 aromatic carbocycles. The smallest absolute Gasteiger partial charge is 0.477 e. The molecule has 0 radical (unpaired) electrons. The van der Waals surface area contributed by atoms with E-state index in [-0.39, 0.29) is 0 Å². The van der Waals surface area contributed by atoms with Gasteiger partial charge in [-0.05, 0) is 31.2 Å². The standard InChI is InChI=1S/C32H27F15N4O20/c1-49(6-7-50(14(19(54)55)68-24(63)29(36,37)38)15(20(56)57)69-25(64)30(39,40)41)12(9-48-13(18(52)53)67-23(62)28(33,34)35)8-10-2-4-11(5-3-10)51(16(21(58)59)70-26(65)31(42,43)44)17(22(60)61)71-27(66)32(45,46)47/h2-5,12-17,48H,6-9H2,1H3,(H,52,53)(H,54,55)(H,56,57)(H,58,59)(H,60,61). The van der Waals surface area contributed by atoms with Crippen LogP contribution in [0.3, 0.4) is 0 Å². The Morgan fingerprint density at radius 1 is 0.479 bits per heavy atom. The summed E-state index contributed by atoms with van der Waals surface area (Å²) < 4.78 is 214. The molecule has 71 heavy (non-hydrogen) atoms. The lowest BCUT2D eigenvalue weighted by atomic mass is 10.0. The Balaban J connectivity index is 4.07. The monoisotopic (exact) mass is 1070 g/mol. The van der Waals surface area contributed by atoms with Crippen molar-refractivity contribution >= 4 is 65.4 Å². The molecule has 24 nitrogen and oxygen atoms in total. The molecular formula is C32H27F15N4O20. The molecule has 0 aromatic heterocycles. The lowest BCUT2D eigenvalue weighted by Gasteiger charge is -2.36. The van der Waals surface area contributed by atoms with Crippen molar-refractivity contribution in [2.75, 3.05) is 31.6 Å². The van der Waals surface area contributed by atoms with Crippen molar-refractivity contribution in [3.8, 4) is 0 Å². The van der Waals surface area contributed by atoms with Gasteiger partial charge in [-0.1, -0.05) is 12.1 Å². The number of likely N-dealkylation sites (N-methyl/N-ethyl adjacent to an activating group) is 1. The third-order valence-electron chi connectivity index (χ3n) is 8.01. The van der Waals surface area contributed by atoms with Gasteiger partial charge in [0.1, 0.15) is 0 Å². The van der Waals surface area contributed by atoms with Crippen molar-refractivity contribution in [1.82, 2.24) is 15.1 Å². The fourth-order valence-corrected chi connectivity index (χ4v) is 4.91. The molecular weight excluding hydrogens is 1050 g/mol. The highest BCUT2D eigenvalue weighted by Crippen LogP contribution is 2.29. The van der Waals surface area contributed by atoms with Gasteiger partial charge in [0.15, 0.2) is 0 Å². The van der Waals surface area contributed by atoms with E-state index in [2.05, 4.69) is 23.7 Å². The maximum absolute atomic E-state index is 13.1. The summed E-state index contributed by atoms with van der Waals surface area (Å²) in [5.41, 5.74) is -1.66. The van der Waals surface area contributed by atoms with Gasteiger partial charge in [-0.2, -0.15) is 65.9 Å². The van der Waals surface area contributed by atoms with Crippen molar-refractivity contribution in [2.45, 2.75) is 74.5 Å². The van der Waals surface area contributed by atoms with E-state index in [0.29, 0.717) is 29.2 Å². The number of rotatable bonds is 24. The summed E-state index contributed by atoms with van der Waals surface area (Å²) in [6.45, 7) is -4.13. The van der Waals surface area contributed by atoms with Gasteiger partial charge < -0.3 is 54.1 Å². The minimum Gasteiger partial charge on any atom is -0.477 e. The van der Waals surface area contributed by atoms with Gasteiger partial charge in [-0.25, -0.2) is 52.8 Å². The van der Waals surface area contributed by atoms with E-state index in [1.165, 1.54) is 0 Å². The molecule has 1 rings (SSSR count). The molecule has 6 N–H and O–H groups in total. The van der Waals surface area contributed by atoms with Crippen LogP contribution in [-0.4, -0.2) is 190 Å². The minimum absolute atomic E-state index is 0.361. The van der Waals surface area contributed by atoms with E-state index < -0.39 is 175 Å². The van der Waals surface area contributed by atoms with Crippen LogP contribution in [0.1, 0.15) is 5.56 Å². The van der Waals surface area contributed by atoms with Gasteiger partial charge in [0.25, 0.3) is 31.1 Å². The van der Waals surface area contributed by atoms with Crippen LogP contribution in [0.25, 0.3) is 0 Å². The fraction of sp³-hybridized carbons (Fsp3) is 0.500. The van der Waals surface area contributed by atoms with E-state index in [9.17, 15) is 139 Å². The van der Waals surface area contributed by atoms with Crippen LogP contribution in [0.4, 0.5) is 71.5 Å². The number of nitrogens with one attached hydrogen (secondary N) is 1. The number of alkyl halides is 15. The number of carboxylic acids is 5. The van der Waals surface area contributed by atoms with Crippen LogP contribution in [0.5, 0.6) is 0 Å². The second-order valence-corrected chi connectivity index (χ2v) is 13.1. The van der Waals surface area contributed by atoms with Gasteiger partial charge in [-0.15, -0.1) is 0 Å². The first-order chi connectivity index (χ1) is 32.0. The first-order valence-corrected chi connectivity index (χ1v) is 17.6. The maximum Gasteiger partial charge on any atom is 0.491 e. The van der Waals surface area contributed by atoms with Crippen LogP contribution in [0, 0.1) is 0 Å². The summed E-state index contributed by atoms with van der Waals surface area (Å²) >= 11 is 0. The molecule has 0 spiro atoms. The van der Waals surface area contributed by atoms with Gasteiger partial charge >= 0.3 is 90.6 Å². The molecule has 0 bridgehead atoms. The van der Waals surface area contributed by atoms with Crippen LogP contribution >= 0.6 is 0 Å². The number of benzene rings is 1. The number of aliphatic carboxylic acids is 5. The number of carbonyl (C=O) groups is 10. The lowest BCUT2D eigenvalue weighted by Crippen LogP contribution is -2.58. The zero-order valence-corrected chi connectivity index (χ0v) is 34.0. The lowest BCUT2D eigenvalue weighted by molar-refractivity contribution is -0.236. The summed E-state index contributed by atoms with van der Waals surface area (Å²) in [7, 11) is 0.742. The summed E-state index contributed by atoms with van der Waals surface area (Å²) in [4.78, 5) is 117. The van der Waals surface area contributed by atoms with Crippen molar-refractivity contribution in [3.63, 3.8) is 0 Å². The first-order valence-electron chi connectivity index (χ1n) is 17.6. The number of ether oxygens (including phenoxy) is 5. The largest absolute Gasteiger partial charge is 0.491 e. The molecule has 0 saturated carbocycles. The first kappa shape index (κ1) is 61.6. The molecule has 400 valence electrons. The van der Waals surface area contributed by atoms with E-state index in [1.807, 2.05) is 0 Å². The highest BCUT2D eigenvalue weighted by Gasteiger charge is 2.52. The van der Waals surface area contributed by atoms with Gasteiger partial charge in [0.2, 0.25) is 0 Å². The van der Waals surface area contributed by atoms with Crippen LogP contribution in [-0.2, 0) is 78.1 Å². The molecule has 0 aliphatic heterocycles. The minimum atomic E-state index is -6.12. The number of carbonyl (C=O) groups excluding carboxylic acids is 5. The number of halogens is 15. The number of carboxylic acid groups (broad SMARTS) is 5. The summed E-state index contributed by atoms with van der Waals surface area (Å²) in [5, 5.41) is 49.4. The average molecular weight is 1070 g/mol. The Bertz CT molecular complexity index is 2060. The van der Waals surface area contributed by atoms with Crippen molar-refractivity contribution in [2.24, 2.45) is 0 Å². The van der Waals surface area contributed by atoms with Crippen molar-refractivity contribution in [1.29, 1.82) is 0 Å². The predicted octanol–water partition coefficient (Wildman–Crippen LogP) is 0.809. The Morgan fingerprint density at radius 3 is 1.08 bits per heavy atom. The van der Waals surface area contributed by atoms with Crippen LogP contribution in [0.15, 0.2) is 24.3 Å². The van der Waals surface area contributed by atoms with Crippen LogP contribution < -0.4 is 10.2 Å². The molecule has 6 unspecified atom stereocenters. The van der Waals surface area contributed by atoms with Gasteiger partial charge in [0, 0.05) is 31.4 Å². The third kappa shape index (κ3) is 18.8. The van der Waals surface area contributed by atoms with Crippen molar-refractivity contribution < 1.29 is 163 Å². The second kappa shape index (κ2) is 23.9. The van der Waals surface area contributed by atoms with Crippen molar-refractivity contribution in [3.05, 3.63) is 29.8 Å². The molecule has 0 aliphatic rings. The zero-order chi connectivity index (χ0) is 55.5. The van der Waals surface area contributed by atoms with E-state index in [0.717, 1.165) is 7.05 Å². The number of hydrogen-bond acceptors (Lipinski definition) is 19. The maximum atomic E-state index is 13.1. The summed E-state index contributed by atoms with van der Waals surface area (Å²) in [6.07, 6.45) is -48.9. The highest BCUT2D eigenvalue weighted by atomic mass is 19.4. The summed E-state index contributed by atoms with van der Waals surface area (Å²) in [5.74, 6) is -30.5. The van der Waals surface area contributed by atoms with Gasteiger partial charge in [0.05, 0.1) is 0 Å². The molecule has 6 atom stereocenters. The topological polar surface area (TPSA) is 340 Å². The second-order valence-electron chi connectivity index (χ2n) is 13.1. The van der Waals surface area contributed by atoms with E-state index >= 15 is 0 Å². The fourth-order valence-electron chi connectivity index (χ4n) is 4.91. The highest BCUT2D eigenvalue weighted by molar-refractivity contribution is 5.88. The molecule has 0 saturated heterocycles. The Kier molecular flexibility index (Phi) is 20.7.